The quantitative estimate of drug-likeness (QED) is 0.579. The zero-order chi connectivity index (χ0) is 10.4. The fourth-order valence-corrected chi connectivity index (χ4v) is 1.38. The molecule has 0 amide bonds. The lowest BCUT2D eigenvalue weighted by Gasteiger charge is -1.97. The average molecular weight is 261 g/mol. The molecule has 0 saturated heterocycles. The normalized spacial score (nSPS) is 13.1. The molecule has 0 fully saturated rings. The number of hydrogen-bond donors (Lipinski definition) is 0. The first kappa shape index (κ1) is 11.7. The van der Waals surface area contributed by atoms with Gasteiger partial charge in [0.05, 0.1) is 4.83 Å². The van der Waals surface area contributed by atoms with Crippen LogP contribution >= 0.6 is 15.9 Å². The number of unbranched alkanes of at least 4 members (excludes halogenated alkanes) is 2. The van der Waals surface area contributed by atoms with Crippen LogP contribution in [-0.2, 0) is 6.42 Å². The second kappa shape index (κ2) is 6.17. The molecular formula is C10H17BrN2O. The fourth-order valence-electron chi connectivity index (χ4n) is 1.20. The molecule has 0 radical (unpaired) electrons. The molecule has 0 aliphatic carbocycles. The second-order valence-electron chi connectivity index (χ2n) is 3.37. The number of alkyl halides is 1. The highest BCUT2D eigenvalue weighted by atomic mass is 79.9. The lowest BCUT2D eigenvalue weighted by Crippen LogP contribution is -1.86. The molecule has 1 aromatic heterocycles. The summed E-state index contributed by atoms with van der Waals surface area (Å²) in [6, 6.07) is 0. The molecule has 1 heterocycles. The van der Waals surface area contributed by atoms with E-state index in [1.54, 1.807) is 0 Å². The van der Waals surface area contributed by atoms with Crippen LogP contribution in [0.2, 0.25) is 0 Å². The summed E-state index contributed by atoms with van der Waals surface area (Å²) in [4.78, 5) is 0.204. The Balaban J connectivity index is 2.42. The van der Waals surface area contributed by atoms with Crippen LogP contribution in [0.4, 0.5) is 0 Å². The van der Waals surface area contributed by atoms with Gasteiger partial charge in [-0.15, -0.1) is 10.2 Å². The van der Waals surface area contributed by atoms with Crippen molar-refractivity contribution in [1.29, 1.82) is 0 Å². The summed E-state index contributed by atoms with van der Waals surface area (Å²) in [5.41, 5.74) is 0. The van der Waals surface area contributed by atoms with Crippen molar-refractivity contribution in [2.45, 2.75) is 50.8 Å². The van der Waals surface area contributed by atoms with Gasteiger partial charge in [-0.2, -0.15) is 0 Å². The van der Waals surface area contributed by atoms with Crippen LogP contribution in [-0.4, -0.2) is 10.2 Å². The molecule has 0 spiro atoms. The molecule has 1 atom stereocenters. The molecule has 4 heteroatoms. The predicted molar refractivity (Wildman–Crippen MR) is 59.5 cm³/mol. The zero-order valence-electron chi connectivity index (χ0n) is 8.79. The van der Waals surface area contributed by atoms with Crippen LogP contribution in [0.5, 0.6) is 0 Å². The number of halogens is 1. The minimum Gasteiger partial charge on any atom is -0.424 e. The van der Waals surface area contributed by atoms with E-state index in [0.29, 0.717) is 5.89 Å². The summed E-state index contributed by atoms with van der Waals surface area (Å²) >= 11 is 3.48. The first-order valence-corrected chi connectivity index (χ1v) is 6.15. The third kappa shape index (κ3) is 3.40. The van der Waals surface area contributed by atoms with Crippen LogP contribution in [0.15, 0.2) is 4.42 Å². The molecule has 0 aliphatic rings. The van der Waals surface area contributed by atoms with Gasteiger partial charge in [0.1, 0.15) is 0 Å². The molecule has 14 heavy (non-hydrogen) atoms. The predicted octanol–water partition coefficient (Wildman–Crippen LogP) is 3.65. The van der Waals surface area contributed by atoms with E-state index in [1.165, 1.54) is 12.8 Å². The summed E-state index contributed by atoms with van der Waals surface area (Å²) < 4.78 is 5.51. The van der Waals surface area contributed by atoms with Gasteiger partial charge in [-0.3, -0.25) is 0 Å². The number of rotatable bonds is 6. The number of aryl methyl sites for hydroxylation is 1. The van der Waals surface area contributed by atoms with Gasteiger partial charge in [0.15, 0.2) is 0 Å². The third-order valence-electron chi connectivity index (χ3n) is 2.10. The van der Waals surface area contributed by atoms with Crippen molar-refractivity contribution in [2.75, 3.05) is 0 Å². The van der Waals surface area contributed by atoms with Crippen LogP contribution in [0.1, 0.15) is 56.1 Å². The molecule has 0 bridgehead atoms. The van der Waals surface area contributed by atoms with E-state index in [0.717, 1.165) is 25.2 Å². The fraction of sp³-hybridized carbons (Fsp3) is 0.800. The highest BCUT2D eigenvalue weighted by Crippen LogP contribution is 2.24. The van der Waals surface area contributed by atoms with Crippen LogP contribution < -0.4 is 0 Å². The number of aromatic nitrogens is 2. The molecule has 1 rings (SSSR count). The van der Waals surface area contributed by atoms with Gasteiger partial charge in [0, 0.05) is 6.42 Å². The summed E-state index contributed by atoms with van der Waals surface area (Å²) in [7, 11) is 0. The van der Waals surface area contributed by atoms with Crippen molar-refractivity contribution in [3.8, 4) is 0 Å². The smallest absolute Gasteiger partial charge is 0.230 e. The van der Waals surface area contributed by atoms with Gasteiger partial charge in [-0.25, -0.2) is 0 Å². The third-order valence-corrected chi connectivity index (χ3v) is 3.14. The SMILES string of the molecule is CCCCCc1nnc(C(Br)CC)o1. The van der Waals surface area contributed by atoms with Crippen molar-refractivity contribution < 1.29 is 4.42 Å². The van der Waals surface area contributed by atoms with Gasteiger partial charge >= 0.3 is 0 Å². The number of nitrogens with zero attached hydrogens (tertiary/aromatic N) is 2. The average Bonchev–Trinajstić information content (AvgIpc) is 2.66. The van der Waals surface area contributed by atoms with Crippen molar-refractivity contribution >= 4 is 15.9 Å². The van der Waals surface area contributed by atoms with E-state index in [4.69, 9.17) is 4.42 Å². The molecule has 3 nitrogen and oxygen atoms in total. The van der Waals surface area contributed by atoms with E-state index in [2.05, 4.69) is 40.0 Å². The van der Waals surface area contributed by atoms with Crippen LogP contribution in [0.25, 0.3) is 0 Å². The lowest BCUT2D eigenvalue weighted by molar-refractivity contribution is 0.439. The number of hydrogen-bond acceptors (Lipinski definition) is 3. The molecule has 0 saturated carbocycles. The minimum absolute atomic E-state index is 0.204. The van der Waals surface area contributed by atoms with Crippen LogP contribution in [0, 0.1) is 0 Å². The largest absolute Gasteiger partial charge is 0.424 e. The lowest BCUT2D eigenvalue weighted by atomic mass is 10.2. The van der Waals surface area contributed by atoms with E-state index in [9.17, 15) is 0 Å². The van der Waals surface area contributed by atoms with Crippen molar-refractivity contribution in [3.05, 3.63) is 11.8 Å². The van der Waals surface area contributed by atoms with Gasteiger partial charge in [0.25, 0.3) is 0 Å². The zero-order valence-corrected chi connectivity index (χ0v) is 10.4. The van der Waals surface area contributed by atoms with E-state index in [-0.39, 0.29) is 4.83 Å². The summed E-state index contributed by atoms with van der Waals surface area (Å²) in [6.45, 7) is 4.27. The van der Waals surface area contributed by atoms with Gasteiger partial charge < -0.3 is 4.42 Å². The maximum Gasteiger partial charge on any atom is 0.230 e. The van der Waals surface area contributed by atoms with E-state index < -0.39 is 0 Å². The van der Waals surface area contributed by atoms with Crippen molar-refractivity contribution in [3.63, 3.8) is 0 Å². The molecule has 0 N–H and O–H groups in total. The first-order valence-electron chi connectivity index (χ1n) is 5.24. The highest BCUT2D eigenvalue weighted by Gasteiger charge is 2.12. The van der Waals surface area contributed by atoms with Gasteiger partial charge in [0.2, 0.25) is 11.8 Å². The molecule has 1 unspecified atom stereocenters. The van der Waals surface area contributed by atoms with Crippen molar-refractivity contribution in [2.24, 2.45) is 0 Å². The van der Waals surface area contributed by atoms with Crippen molar-refractivity contribution in [1.82, 2.24) is 10.2 Å². The Morgan fingerprint density at radius 2 is 2.07 bits per heavy atom. The summed E-state index contributed by atoms with van der Waals surface area (Å²) in [5.74, 6) is 1.48. The summed E-state index contributed by atoms with van der Waals surface area (Å²) in [5, 5.41) is 8.01. The topological polar surface area (TPSA) is 38.9 Å². The first-order chi connectivity index (χ1) is 6.77. The Morgan fingerprint density at radius 1 is 1.29 bits per heavy atom. The molecule has 0 aliphatic heterocycles. The Morgan fingerprint density at radius 3 is 2.71 bits per heavy atom. The minimum atomic E-state index is 0.204. The molecule has 1 aromatic rings. The Labute approximate surface area is 93.4 Å². The molecule has 80 valence electrons. The van der Waals surface area contributed by atoms with E-state index in [1.807, 2.05) is 0 Å². The second-order valence-corrected chi connectivity index (χ2v) is 4.47. The van der Waals surface area contributed by atoms with Gasteiger partial charge in [-0.05, 0) is 12.8 Å². The molecule has 0 aromatic carbocycles. The standard InChI is InChI=1S/C10H17BrN2O/c1-3-5-6-7-9-12-13-10(14-9)8(11)4-2/h8H,3-7H2,1-2H3. The molecular weight excluding hydrogens is 244 g/mol. The van der Waals surface area contributed by atoms with Gasteiger partial charge in [-0.1, -0.05) is 42.6 Å². The maximum absolute atomic E-state index is 5.51. The van der Waals surface area contributed by atoms with Crippen LogP contribution in [0.3, 0.4) is 0 Å². The maximum atomic E-state index is 5.51. The Bertz CT molecular complexity index is 262. The Hall–Kier alpha value is -0.380. The van der Waals surface area contributed by atoms with E-state index >= 15 is 0 Å². The Kier molecular flexibility index (Phi) is 5.15. The monoisotopic (exact) mass is 260 g/mol. The highest BCUT2D eigenvalue weighted by molar-refractivity contribution is 9.09. The summed E-state index contributed by atoms with van der Waals surface area (Å²) in [6.07, 6.45) is 5.46.